The van der Waals surface area contributed by atoms with Gasteiger partial charge in [0.05, 0.1) is 11.1 Å². The van der Waals surface area contributed by atoms with Gasteiger partial charge in [-0.25, -0.2) is 4.79 Å². The molecule has 4 nitrogen and oxygen atoms in total. The molecule has 1 saturated heterocycles. The summed E-state index contributed by atoms with van der Waals surface area (Å²) in [5.74, 6) is -0.340. The maximum atomic E-state index is 12.2. The molecule has 1 aliphatic heterocycles. The average molecular weight is 389 g/mol. The molecule has 2 rings (SSSR count). The summed E-state index contributed by atoms with van der Waals surface area (Å²) in [5, 5.41) is 11.5. The van der Waals surface area contributed by atoms with E-state index in [1.165, 1.54) is 5.06 Å². The summed E-state index contributed by atoms with van der Waals surface area (Å²) in [6, 6.07) is 7.30. The van der Waals surface area contributed by atoms with Gasteiger partial charge in [0.25, 0.3) is 0 Å². The first-order valence-electron chi connectivity index (χ1n) is 6.60. The lowest BCUT2D eigenvalue weighted by atomic mass is 9.97. The Hall–Kier alpha value is -0.660. The summed E-state index contributed by atoms with van der Waals surface area (Å²) in [5.41, 5.74) is -0.456. The topological polar surface area (TPSA) is 49.8 Å². The van der Waals surface area contributed by atoms with E-state index in [9.17, 15) is 10.0 Å². The van der Waals surface area contributed by atoms with Crippen LogP contribution in [0.25, 0.3) is 0 Å². The lowest BCUT2D eigenvalue weighted by Gasteiger charge is -2.35. The van der Waals surface area contributed by atoms with Crippen molar-refractivity contribution in [3.8, 4) is 0 Å². The van der Waals surface area contributed by atoms with E-state index in [0.29, 0.717) is 12.0 Å². The standard InChI is InChI=1S/C15H20INO3/c1-14(2)9-12(15(3,4)17(14)19)20-13(18)10-6-5-7-11(16)8-10/h5-8,12,19H,9H2,1-4H3. The monoisotopic (exact) mass is 389 g/mol. The van der Waals surface area contributed by atoms with Crippen LogP contribution < -0.4 is 0 Å². The Morgan fingerprint density at radius 2 is 2.05 bits per heavy atom. The number of rotatable bonds is 2. The van der Waals surface area contributed by atoms with Gasteiger partial charge in [-0.05, 0) is 68.5 Å². The van der Waals surface area contributed by atoms with Gasteiger partial charge in [0.2, 0.25) is 0 Å². The molecule has 0 saturated carbocycles. The maximum Gasteiger partial charge on any atom is 0.338 e. The van der Waals surface area contributed by atoms with Crippen LogP contribution in [-0.4, -0.2) is 33.4 Å². The second-order valence-corrected chi connectivity index (χ2v) is 7.63. The van der Waals surface area contributed by atoms with Crippen LogP contribution in [0.4, 0.5) is 0 Å². The van der Waals surface area contributed by atoms with Gasteiger partial charge in [0, 0.05) is 15.5 Å². The molecule has 1 N–H and O–H groups in total. The fourth-order valence-corrected chi connectivity index (χ4v) is 3.25. The molecule has 0 aromatic heterocycles. The molecular weight excluding hydrogens is 369 g/mol. The molecule has 1 aliphatic rings. The normalized spacial score (nSPS) is 24.6. The van der Waals surface area contributed by atoms with E-state index in [0.717, 1.165) is 3.57 Å². The summed E-state index contributed by atoms with van der Waals surface area (Å²) in [6.45, 7) is 7.64. The summed E-state index contributed by atoms with van der Waals surface area (Å²) < 4.78 is 6.62. The first-order chi connectivity index (χ1) is 9.14. The smallest absolute Gasteiger partial charge is 0.338 e. The molecule has 1 atom stereocenters. The van der Waals surface area contributed by atoms with E-state index in [-0.39, 0.29) is 12.1 Å². The van der Waals surface area contributed by atoms with Crippen molar-refractivity contribution in [1.29, 1.82) is 0 Å². The highest BCUT2D eigenvalue weighted by molar-refractivity contribution is 14.1. The third-order valence-electron chi connectivity index (χ3n) is 3.90. The van der Waals surface area contributed by atoms with Crippen LogP contribution in [-0.2, 0) is 4.74 Å². The third kappa shape index (κ3) is 2.84. The number of benzene rings is 1. The van der Waals surface area contributed by atoms with Crippen LogP contribution in [0.5, 0.6) is 0 Å². The predicted octanol–water partition coefficient (Wildman–Crippen LogP) is 3.47. The SMILES string of the molecule is CC1(C)CC(OC(=O)c2cccc(I)c2)C(C)(C)N1O. The Labute approximate surface area is 133 Å². The molecule has 1 heterocycles. The predicted molar refractivity (Wildman–Crippen MR) is 84.8 cm³/mol. The number of hydroxylamine groups is 2. The lowest BCUT2D eigenvalue weighted by molar-refractivity contribution is -0.201. The van der Waals surface area contributed by atoms with Crippen molar-refractivity contribution in [3.63, 3.8) is 0 Å². The lowest BCUT2D eigenvalue weighted by Crippen LogP contribution is -2.49. The number of halogens is 1. The second-order valence-electron chi connectivity index (χ2n) is 6.39. The zero-order valence-corrected chi connectivity index (χ0v) is 14.3. The minimum absolute atomic E-state index is 0.340. The number of hydrogen-bond acceptors (Lipinski definition) is 4. The van der Waals surface area contributed by atoms with Crippen molar-refractivity contribution in [2.75, 3.05) is 0 Å². The molecule has 1 fully saturated rings. The Kier molecular flexibility index (Phi) is 4.15. The third-order valence-corrected chi connectivity index (χ3v) is 4.57. The van der Waals surface area contributed by atoms with E-state index in [1.807, 2.05) is 39.8 Å². The van der Waals surface area contributed by atoms with Gasteiger partial charge >= 0.3 is 5.97 Å². The molecule has 0 aliphatic carbocycles. The quantitative estimate of drug-likeness (QED) is 0.622. The van der Waals surface area contributed by atoms with Gasteiger partial charge in [-0.2, -0.15) is 5.06 Å². The molecule has 20 heavy (non-hydrogen) atoms. The number of nitrogens with zero attached hydrogens (tertiary/aromatic N) is 1. The Morgan fingerprint density at radius 1 is 1.40 bits per heavy atom. The van der Waals surface area contributed by atoms with Crippen molar-refractivity contribution in [3.05, 3.63) is 33.4 Å². The Morgan fingerprint density at radius 3 is 2.55 bits per heavy atom. The minimum atomic E-state index is -0.596. The highest BCUT2D eigenvalue weighted by Crippen LogP contribution is 2.41. The fraction of sp³-hybridized carbons (Fsp3) is 0.533. The van der Waals surface area contributed by atoms with Gasteiger partial charge in [-0.1, -0.05) is 6.07 Å². The molecule has 0 radical (unpaired) electrons. The van der Waals surface area contributed by atoms with Gasteiger partial charge in [0.1, 0.15) is 6.10 Å². The van der Waals surface area contributed by atoms with E-state index >= 15 is 0 Å². The van der Waals surface area contributed by atoms with Crippen LogP contribution in [0, 0.1) is 3.57 Å². The zero-order valence-electron chi connectivity index (χ0n) is 12.2. The van der Waals surface area contributed by atoms with Crippen molar-refractivity contribution in [2.24, 2.45) is 0 Å². The summed E-state index contributed by atoms with van der Waals surface area (Å²) >= 11 is 2.16. The van der Waals surface area contributed by atoms with Gasteiger partial charge < -0.3 is 9.94 Å². The van der Waals surface area contributed by atoms with Crippen LogP contribution in [0.2, 0.25) is 0 Å². The fourth-order valence-electron chi connectivity index (χ4n) is 2.70. The highest BCUT2D eigenvalue weighted by atomic mass is 127. The molecule has 110 valence electrons. The van der Waals surface area contributed by atoms with Crippen molar-refractivity contribution >= 4 is 28.6 Å². The number of carbonyl (C=O) groups excluding carboxylic acids is 1. The molecular formula is C15H20INO3. The molecule has 0 amide bonds. The Bertz CT molecular complexity index is 528. The molecule has 1 aromatic rings. The van der Waals surface area contributed by atoms with E-state index in [4.69, 9.17) is 4.74 Å². The van der Waals surface area contributed by atoms with Crippen molar-refractivity contribution < 1.29 is 14.7 Å². The van der Waals surface area contributed by atoms with Crippen molar-refractivity contribution in [2.45, 2.75) is 51.3 Å². The first-order valence-corrected chi connectivity index (χ1v) is 7.68. The van der Waals surface area contributed by atoms with Crippen LogP contribution in [0.15, 0.2) is 24.3 Å². The summed E-state index contributed by atoms with van der Waals surface area (Å²) in [7, 11) is 0. The van der Waals surface area contributed by atoms with Crippen molar-refractivity contribution in [1.82, 2.24) is 5.06 Å². The second kappa shape index (κ2) is 5.27. The van der Waals surface area contributed by atoms with Gasteiger partial charge in [0.15, 0.2) is 0 Å². The summed E-state index contributed by atoms with van der Waals surface area (Å²) in [4.78, 5) is 12.2. The first kappa shape index (κ1) is 15.7. The van der Waals surface area contributed by atoms with Crippen LogP contribution in [0.1, 0.15) is 44.5 Å². The Balaban J connectivity index is 2.16. The van der Waals surface area contributed by atoms with Crippen LogP contribution in [0.3, 0.4) is 0 Å². The maximum absolute atomic E-state index is 12.2. The molecule has 0 bridgehead atoms. The largest absolute Gasteiger partial charge is 0.457 e. The molecule has 1 aromatic carbocycles. The molecule has 5 heteroatoms. The van der Waals surface area contributed by atoms with E-state index in [2.05, 4.69) is 22.6 Å². The number of hydrogen-bond donors (Lipinski definition) is 1. The number of ether oxygens (including phenoxy) is 1. The highest BCUT2D eigenvalue weighted by Gasteiger charge is 2.53. The van der Waals surface area contributed by atoms with Gasteiger partial charge in [-0.15, -0.1) is 0 Å². The van der Waals surface area contributed by atoms with E-state index in [1.54, 1.807) is 12.1 Å². The minimum Gasteiger partial charge on any atom is -0.457 e. The number of esters is 1. The van der Waals surface area contributed by atoms with Crippen LogP contribution >= 0.6 is 22.6 Å². The molecule has 1 unspecified atom stereocenters. The van der Waals surface area contributed by atoms with Gasteiger partial charge in [-0.3, -0.25) is 0 Å². The number of carbonyl (C=O) groups is 1. The zero-order chi connectivity index (χ0) is 15.1. The summed E-state index contributed by atoms with van der Waals surface area (Å²) in [6.07, 6.45) is 0.263. The van der Waals surface area contributed by atoms with E-state index < -0.39 is 11.1 Å². The molecule has 0 spiro atoms. The average Bonchev–Trinajstić information content (AvgIpc) is 2.50.